The lowest BCUT2D eigenvalue weighted by molar-refractivity contribution is 0.0690. The predicted molar refractivity (Wildman–Crippen MR) is 81.7 cm³/mol. The quantitative estimate of drug-likeness (QED) is 0.933. The molecule has 0 bridgehead atoms. The minimum Gasteiger partial charge on any atom is -0.489 e. The second-order valence-corrected chi connectivity index (χ2v) is 5.43. The van der Waals surface area contributed by atoms with Gasteiger partial charge in [0.25, 0.3) is 0 Å². The van der Waals surface area contributed by atoms with Crippen molar-refractivity contribution in [2.45, 2.75) is 12.5 Å². The van der Waals surface area contributed by atoms with Crippen molar-refractivity contribution in [3.8, 4) is 5.75 Å². The van der Waals surface area contributed by atoms with Gasteiger partial charge in [-0.2, -0.15) is 0 Å². The number of nitrogens with zero attached hydrogens (tertiary/aromatic N) is 3. The number of aromatic carboxylic acids is 1. The van der Waals surface area contributed by atoms with Gasteiger partial charge in [-0.3, -0.25) is 0 Å². The van der Waals surface area contributed by atoms with Gasteiger partial charge in [-0.1, -0.05) is 11.6 Å². The number of hydrogen-bond donors (Lipinski definition) is 1. The molecule has 3 rings (SSSR count). The molecule has 6 nitrogen and oxygen atoms in total. The molecule has 1 aromatic carbocycles. The summed E-state index contributed by atoms with van der Waals surface area (Å²) in [6, 6.07) is 7.26. The summed E-state index contributed by atoms with van der Waals surface area (Å²) in [6.45, 7) is 1.48. The van der Waals surface area contributed by atoms with Gasteiger partial charge >= 0.3 is 5.97 Å². The topological polar surface area (TPSA) is 75.5 Å². The third-order valence-electron chi connectivity index (χ3n) is 3.44. The van der Waals surface area contributed by atoms with Crippen molar-refractivity contribution in [2.24, 2.45) is 0 Å². The second-order valence-electron chi connectivity index (χ2n) is 4.99. The standard InChI is InChI=1S/C15H14ClN3O3/c16-10-1-3-11(4-2-10)22-12-5-6-19(9-12)14-8-17-13(7-18-14)15(20)21/h1-4,7-8,12H,5-6,9H2,(H,20,21). The zero-order valence-electron chi connectivity index (χ0n) is 11.6. The van der Waals surface area contributed by atoms with Gasteiger partial charge in [0, 0.05) is 18.0 Å². The summed E-state index contributed by atoms with van der Waals surface area (Å²) in [5, 5.41) is 9.50. The highest BCUT2D eigenvalue weighted by Gasteiger charge is 2.25. The van der Waals surface area contributed by atoms with Crippen LogP contribution in [0.3, 0.4) is 0 Å². The molecule has 0 saturated carbocycles. The molecule has 1 saturated heterocycles. The number of anilines is 1. The Kier molecular flexibility index (Phi) is 4.11. The van der Waals surface area contributed by atoms with E-state index in [1.54, 1.807) is 12.1 Å². The molecule has 7 heteroatoms. The average Bonchev–Trinajstić information content (AvgIpc) is 2.98. The molecule has 1 fully saturated rings. The molecular formula is C15H14ClN3O3. The highest BCUT2D eigenvalue weighted by molar-refractivity contribution is 6.30. The molecule has 0 radical (unpaired) electrons. The number of carboxylic acid groups (broad SMARTS) is 1. The van der Waals surface area contributed by atoms with Crippen molar-refractivity contribution in [1.82, 2.24) is 9.97 Å². The van der Waals surface area contributed by atoms with Gasteiger partial charge in [0.2, 0.25) is 0 Å². The van der Waals surface area contributed by atoms with Crippen molar-refractivity contribution in [3.63, 3.8) is 0 Å². The van der Waals surface area contributed by atoms with Crippen LogP contribution in [-0.2, 0) is 0 Å². The summed E-state index contributed by atoms with van der Waals surface area (Å²) in [4.78, 5) is 20.8. The first-order valence-electron chi connectivity index (χ1n) is 6.84. The highest BCUT2D eigenvalue weighted by Crippen LogP contribution is 2.23. The van der Waals surface area contributed by atoms with Crippen LogP contribution in [0, 0.1) is 0 Å². The van der Waals surface area contributed by atoms with E-state index < -0.39 is 5.97 Å². The number of rotatable bonds is 4. The summed E-state index contributed by atoms with van der Waals surface area (Å²) in [7, 11) is 0. The fraction of sp³-hybridized carbons (Fsp3) is 0.267. The molecule has 0 aliphatic carbocycles. The molecule has 1 unspecified atom stereocenters. The highest BCUT2D eigenvalue weighted by atomic mass is 35.5. The SMILES string of the molecule is O=C(O)c1cnc(N2CCC(Oc3ccc(Cl)cc3)C2)cn1. The van der Waals surface area contributed by atoms with E-state index in [4.69, 9.17) is 21.4 Å². The van der Waals surface area contributed by atoms with E-state index in [-0.39, 0.29) is 11.8 Å². The Hall–Kier alpha value is -2.34. The maximum atomic E-state index is 10.8. The zero-order valence-corrected chi connectivity index (χ0v) is 12.4. The Morgan fingerprint density at radius 3 is 2.68 bits per heavy atom. The van der Waals surface area contributed by atoms with Crippen LogP contribution in [0.15, 0.2) is 36.7 Å². The molecule has 0 spiro atoms. The van der Waals surface area contributed by atoms with Crippen molar-refractivity contribution in [3.05, 3.63) is 47.4 Å². The van der Waals surface area contributed by atoms with Crippen LogP contribution in [0.1, 0.15) is 16.9 Å². The number of benzene rings is 1. The van der Waals surface area contributed by atoms with Crippen LogP contribution in [0.4, 0.5) is 5.82 Å². The van der Waals surface area contributed by atoms with Crippen LogP contribution in [0.2, 0.25) is 5.02 Å². The molecule has 114 valence electrons. The lowest BCUT2D eigenvalue weighted by Gasteiger charge is -2.17. The minimum absolute atomic E-state index is 0.0575. The number of aromatic nitrogens is 2. The fourth-order valence-corrected chi connectivity index (χ4v) is 2.46. The molecule has 2 aromatic rings. The number of carbonyl (C=O) groups is 1. The van der Waals surface area contributed by atoms with Gasteiger partial charge in [-0.05, 0) is 24.3 Å². The van der Waals surface area contributed by atoms with Gasteiger partial charge in [0.1, 0.15) is 17.7 Å². The van der Waals surface area contributed by atoms with Gasteiger partial charge < -0.3 is 14.7 Å². The van der Waals surface area contributed by atoms with Crippen molar-refractivity contribution < 1.29 is 14.6 Å². The van der Waals surface area contributed by atoms with Gasteiger partial charge in [0.15, 0.2) is 5.69 Å². The lowest BCUT2D eigenvalue weighted by atomic mass is 10.3. The number of carboxylic acids is 1. The maximum Gasteiger partial charge on any atom is 0.356 e. The summed E-state index contributed by atoms with van der Waals surface area (Å²) in [6.07, 6.45) is 3.67. The average molecular weight is 320 g/mol. The minimum atomic E-state index is -1.08. The van der Waals surface area contributed by atoms with E-state index in [1.807, 2.05) is 17.0 Å². The van der Waals surface area contributed by atoms with Crippen LogP contribution < -0.4 is 9.64 Å². The maximum absolute atomic E-state index is 10.8. The van der Waals surface area contributed by atoms with Crippen molar-refractivity contribution >= 4 is 23.4 Å². The van der Waals surface area contributed by atoms with Crippen LogP contribution in [-0.4, -0.2) is 40.2 Å². The van der Waals surface area contributed by atoms with Crippen LogP contribution in [0.5, 0.6) is 5.75 Å². The molecule has 1 aliphatic rings. The molecular weight excluding hydrogens is 306 g/mol. The lowest BCUT2D eigenvalue weighted by Crippen LogP contribution is -2.25. The third kappa shape index (κ3) is 3.28. The summed E-state index contributed by atoms with van der Waals surface area (Å²) < 4.78 is 5.90. The smallest absolute Gasteiger partial charge is 0.356 e. The van der Waals surface area contributed by atoms with E-state index >= 15 is 0 Å². The molecule has 2 heterocycles. The molecule has 0 amide bonds. The Morgan fingerprint density at radius 1 is 1.27 bits per heavy atom. The molecule has 1 N–H and O–H groups in total. The van der Waals surface area contributed by atoms with E-state index in [1.165, 1.54) is 12.4 Å². The summed E-state index contributed by atoms with van der Waals surface area (Å²) in [5.74, 6) is 0.361. The van der Waals surface area contributed by atoms with E-state index in [2.05, 4.69) is 9.97 Å². The van der Waals surface area contributed by atoms with E-state index in [9.17, 15) is 4.79 Å². The van der Waals surface area contributed by atoms with Gasteiger partial charge in [0.05, 0.1) is 18.9 Å². The number of ether oxygens (including phenoxy) is 1. The molecule has 22 heavy (non-hydrogen) atoms. The largest absolute Gasteiger partial charge is 0.489 e. The third-order valence-corrected chi connectivity index (χ3v) is 3.69. The first-order chi connectivity index (χ1) is 10.6. The number of hydrogen-bond acceptors (Lipinski definition) is 5. The van der Waals surface area contributed by atoms with Crippen molar-refractivity contribution in [1.29, 1.82) is 0 Å². The van der Waals surface area contributed by atoms with Gasteiger partial charge in [-0.15, -0.1) is 0 Å². The van der Waals surface area contributed by atoms with Gasteiger partial charge in [-0.25, -0.2) is 14.8 Å². The fourth-order valence-electron chi connectivity index (χ4n) is 2.33. The number of halogens is 1. The van der Waals surface area contributed by atoms with E-state index in [0.717, 1.165) is 18.7 Å². The predicted octanol–water partition coefficient (Wildman–Crippen LogP) is 2.49. The van der Waals surface area contributed by atoms with E-state index in [0.29, 0.717) is 17.4 Å². The molecule has 1 atom stereocenters. The van der Waals surface area contributed by atoms with Crippen LogP contribution >= 0.6 is 11.6 Å². The zero-order chi connectivity index (χ0) is 15.5. The van der Waals surface area contributed by atoms with Crippen molar-refractivity contribution in [2.75, 3.05) is 18.0 Å². The first-order valence-corrected chi connectivity index (χ1v) is 7.22. The Labute approximate surface area is 132 Å². The van der Waals surface area contributed by atoms with Crippen LogP contribution in [0.25, 0.3) is 0 Å². The molecule has 1 aliphatic heterocycles. The Morgan fingerprint density at radius 2 is 2.05 bits per heavy atom. The summed E-state index contributed by atoms with van der Waals surface area (Å²) >= 11 is 5.85. The first kappa shape index (κ1) is 14.6. The monoisotopic (exact) mass is 319 g/mol. The second kappa shape index (κ2) is 6.19. The Balaban J connectivity index is 1.62. The molecule has 1 aromatic heterocycles. The Bertz CT molecular complexity index is 661. The normalized spacial score (nSPS) is 17.5. The summed E-state index contributed by atoms with van der Waals surface area (Å²) in [5.41, 5.74) is -0.0584.